The molecule has 2 heterocycles. The van der Waals surface area contributed by atoms with Crippen LogP contribution in [0.2, 0.25) is 0 Å². The molecule has 1 aliphatic rings. The number of aromatic nitrogens is 2. The fourth-order valence-corrected chi connectivity index (χ4v) is 2.57. The molecule has 5 nitrogen and oxygen atoms in total. The molecule has 0 fully saturated rings. The van der Waals surface area contributed by atoms with Gasteiger partial charge in [0.25, 0.3) is 0 Å². The summed E-state index contributed by atoms with van der Waals surface area (Å²) in [5.41, 5.74) is 1.27. The molecule has 0 bridgehead atoms. The molecule has 1 N–H and O–H groups in total. The summed E-state index contributed by atoms with van der Waals surface area (Å²) in [5.74, 6) is 3.01. The zero-order valence-electron chi connectivity index (χ0n) is 12.7. The molecule has 2 atom stereocenters. The lowest BCUT2D eigenvalue weighted by molar-refractivity contribution is 0.302. The van der Waals surface area contributed by atoms with Crippen LogP contribution in [0.3, 0.4) is 0 Å². The minimum atomic E-state index is 0.263. The molecule has 0 aliphatic carbocycles. The SMILES string of the molecule is CC(C)c1nc(CN[C@H](C)[C@H]2COc3ccccc32)no1. The lowest BCUT2D eigenvalue weighted by atomic mass is 9.94. The van der Waals surface area contributed by atoms with E-state index < -0.39 is 0 Å². The average Bonchev–Trinajstić information content (AvgIpc) is 3.11. The van der Waals surface area contributed by atoms with Crippen LogP contribution in [0, 0.1) is 0 Å². The molecule has 0 spiro atoms. The van der Waals surface area contributed by atoms with E-state index in [2.05, 4.69) is 34.5 Å². The van der Waals surface area contributed by atoms with Crippen LogP contribution in [0.1, 0.15) is 49.9 Å². The van der Waals surface area contributed by atoms with E-state index in [1.807, 2.05) is 26.0 Å². The van der Waals surface area contributed by atoms with Crippen LogP contribution in [0.25, 0.3) is 0 Å². The predicted octanol–water partition coefficient (Wildman–Crippen LogP) is 2.85. The zero-order chi connectivity index (χ0) is 14.8. The minimum absolute atomic E-state index is 0.263. The quantitative estimate of drug-likeness (QED) is 0.916. The summed E-state index contributed by atoms with van der Waals surface area (Å²) in [6.45, 7) is 7.58. The molecule has 0 saturated carbocycles. The van der Waals surface area contributed by atoms with Gasteiger partial charge in [0, 0.05) is 23.4 Å². The van der Waals surface area contributed by atoms with Crippen molar-refractivity contribution in [2.24, 2.45) is 0 Å². The van der Waals surface area contributed by atoms with Crippen molar-refractivity contribution in [3.63, 3.8) is 0 Å². The van der Waals surface area contributed by atoms with Crippen molar-refractivity contribution in [3.05, 3.63) is 41.5 Å². The summed E-state index contributed by atoms with van der Waals surface area (Å²) in [4.78, 5) is 4.38. The topological polar surface area (TPSA) is 60.2 Å². The average molecular weight is 287 g/mol. The Bertz CT molecular complexity index is 609. The third-order valence-corrected chi connectivity index (χ3v) is 3.90. The van der Waals surface area contributed by atoms with Crippen LogP contribution in [0.5, 0.6) is 5.75 Å². The first-order valence-corrected chi connectivity index (χ1v) is 7.42. The first-order chi connectivity index (χ1) is 10.1. The molecule has 21 heavy (non-hydrogen) atoms. The summed E-state index contributed by atoms with van der Waals surface area (Å²) in [7, 11) is 0. The van der Waals surface area contributed by atoms with Gasteiger partial charge in [0.15, 0.2) is 5.82 Å². The first-order valence-electron chi connectivity index (χ1n) is 7.42. The highest BCUT2D eigenvalue weighted by Crippen LogP contribution is 2.35. The molecule has 0 radical (unpaired) electrons. The number of para-hydroxylation sites is 1. The maximum absolute atomic E-state index is 5.73. The smallest absolute Gasteiger partial charge is 0.229 e. The number of nitrogens with one attached hydrogen (secondary N) is 1. The van der Waals surface area contributed by atoms with Crippen molar-refractivity contribution in [2.75, 3.05) is 6.61 Å². The Balaban J connectivity index is 1.61. The van der Waals surface area contributed by atoms with E-state index in [9.17, 15) is 0 Å². The highest BCUT2D eigenvalue weighted by atomic mass is 16.5. The van der Waals surface area contributed by atoms with Crippen molar-refractivity contribution in [3.8, 4) is 5.75 Å². The van der Waals surface area contributed by atoms with Gasteiger partial charge < -0.3 is 14.6 Å². The molecule has 1 aromatic carbocycles. The van der Waals surface area contributed by atoms with Gasteiger partial charge in [-0.2, -0.15) is 4.98 Å². The lowest BCUT2D eigenvalue weighted by Crippen LogP contribution is -2.32. The summed E-state index contributed by atoms with van der Waals surface area (Å²) in [6, 6.07) is 8.51. The Morgan fingerprint density at radius 3 is 2.86 bits per heavy atom. The summed E-state index contributed by atoms with van der Waals surface area (Å²) >= 11 is 0. The van der Waals surface area contributed by atoms with Crippen molar-refractivity contribution in [1.82, 2.24) is 15.5 Å². The Kier molecular flexibility index (Phi) is 3.92. The second-order valence-corrected chi connectivity index (χ2v) is 5.83. The molecule has 2 aromatic rings. The van der Waals surface area contributed by atoms with E-state index in [1.54, 1.807) is 0 Å². The zero-order valence-corrected chi connectivity index (χ0v) is 12.7. The Hall–Kier alpha value is -1.88. The fourth-order valence-electron chi connectivity index (χ4n) is 2.57. The van der Waals surface area contributed by atoms with Crippen LogP contribution in [0.15, 0.2) is 28.8 Å². The number of hydrogen-bond acceptors (Lipinski definition) is 5. The first kappa shape index (κ1) is 14.1. The normalized spacial score (nSPS) is 18.6. The Morgan fingerprint density at radius 2 is 2.10 bits per heavy atom. The number of rotatable bonds is 5. The van der Waals surface area contributed by atoms with Crippen LogP contribution in [-0.4, -0.2) is 22.8 Å². The van der Waals surface area contributed by atoms with Crippen LogP contribution < -0.4 is 10.1 Å². The molecule has 112 valence electrons. The molecular formula is C16H21N3O2. The van der Waals surface area contributed by atoms with Gasteiger partial charge >= 0.3 is 0 Å². The molecule has 3 rings (SSSR count). The Morgan fingerprint density at radius 1 is 1.29 bits per heavy atom. The van der Waals surface area contributed by atoms with E-state index in [-0.39, 0.29) is 12.0 Å². The van der Waals surface area contributed by atoms with E-state index in [4.69, 9.17) is 9.26 Å². The van der Waals surface area contributed by atoms with Crippen LogP contribution in [-0.2, 0) is 6.54 Å². The molecule has 0 amide bonds. The van der Waals surface area contributed by atoms with E-state index in [0.29, 0.717) is 24.2 Å². The summed E-state index contributed by atoms with van der Waals surface area (Å²) < 4.78 is 10.9. The van der Waals surface area contributed by atoms with E-state index in [0.717, 1.165) is 12.4 Å². The minimum Gasteiger partial charge on any atom is -0.493 e. The van der Waals surface area contributed by atoms with Crippen molar-refractivity contribution >= 4 is 0 Å². The highest BCUT2D eigenvalue weighted by Gasteiger charge is 2.28. The van der Waals surface area contributed by atoms with Gasteiger partial charge in [-0.1, -0.05) is 37.2 Å². The van der Waals surface area contributed by atoms with Crippen molar-refractivity contribution in [1.29, 1.82) is 0 Å². The van der Waals surface area contributed by atoms with E-state index in [1.165, 1.54) is 5.56 Å². The summed E-state index contributed by atoms with van der Waals surface area (Å²) in [5, 5.41) is 7.47. The molecule has 1 aliphatic heterocycles. The standard InChI is InChI=1S/C16H21N3O2/c1-10(2)16-18-15(19-21-16)8-17-11(3)13-9-20-14-7-5-4-6-12(13)14/h4-7,10-11,13,17H,8-9H2,1-3H3/t11-,13-/m1/s1. The lowest BCUT2D eigenvalue weighted by Gasteiger charge is -2.19. The second kappa shape index (κ2) is 5.85. The maximum atomic E-state index is 5.73. The van der Waals surface area contributed by atoms with Gasteiger partial charge in [-0.15, -0.1) is 0 Å². The van der Waals surface area contributed by atoms with Gasteiger partial charge in [-0.25, -0.2) is 0 Å². The number of benzene rings is 1. The molecule has 5 heteroatoms. The van der Waals surface area contributed by atoms with Gasteiger partial charge in [0.05, 0.1) is 13.2 Å². The van der Waals surface area contributed by atoms with E-state index >= 15 is 0 Å². The van der Waals surface area contributed by atoms with Gasteiger partial charge in [0.1, 0.15) is 5.75 Å². The van der Waals surface area contributed by atoms with Gasteiger partial charge in [-0.05, 0) is 13.0 Å². The fraction of sp³-hybridized carbons (Fsp3) is 0.500. The monoisotopic (exact) mass is 287 g/mol. The third kappa shape index (κ3) is 2.93. The number of nitrogens with zero attached hydrogens (tertiary/aromatic N) is 2. The second-order valence-electron chi connectivity index (χ2n) is 5.83. The maximum Gasteiger partial charge on any atom is 0.229 e. The van der Waals surface area contributed by atoms with Crippen LogP contribution in [0.4, 0.5) is 0 Å². The van der Waals surface area contributed by atoms with Crippen molar-refractivity contribution in [2.45, 2.75) is 45.2 Å². The largest absolute Gasteiger partial charge is 0.493 e. The number of hydrogen-bond donors (Lipinski definition) is 1. The van der Waals surface area contributed by atoms with Crippen LogP contribution >= 0.6 is 0 Å². The number of fused-ring (bicyclic) bond motifs is 1. The predicted molar refractivity (Wildman–Crippen MR) is 79.4 cm³/mol. The van der Waals surface area contributed by atoms with Crippen molar-refractivity contribution < 1.29 is 9.26 Å². The Labute approximate surface area is 124 Å². The van der Waals surface area contributed by atoms with Gasteiger partial charge in [-0.3, -0.25) is 0 Å². The molecule has 0 saturated heterocycles. The number of ether oxygens (including phenoxy) is 1. The van der Waals surface area contributed by atoms with Gasteiger partial charge in [0.2, 0.25) is 5.89 Å². The summed E-state index contributed by atoms with van der Waals surface area (Å²) in [6.07, 6.45) is 0. The molecular weight excluding hydrogens is 266 g/mol. The third-order valence-electron chi connectivity index (χ3n) is 3.90. The highest BCUT2D eigenvalue weighted by molar-refractivity contribution is 5.40. The molecule has 1 aromatic heterocycles. The molecule has 0 unspecified atom stereocenters.